The highest BCUT2D eigenvalue weighted by molar-refractivity contribution is 7.90. The number of benzene rings is 1. The van der Waals surface area contributed by atoms with Crippen LogP contribution in [-0.2, 0) is 9.84 Å². The van der Waals surface area contributed by atoms with Crippen LogP contribution in [0.1, 0.15) is 28.5 Å². The van der Waals surface area contributed by atoms with Gasteiger partial charge in [0.25, 0.3) is 0 Å². The molecule has 0 radical (unpaired) electrons. The quantitative estimate of drug-likeness (QED) is 0.873. The molecule has 1 atom stereocenters. The lowest BCUT2D eigenvalue weighted by molar-refractivity contribution is 0.600. The maximum absolute atomic E-state index is 13.9. The fourth-order valence-corrected chi connectivity index (χ4v) is 3.67. The summed E-state index contributed by atoms with van der Waals surface area (Å²) in [4.78, 5) is 5.45. The van der Waals surface area contributed by atoms with E-state index in [9.17, 15) is 12.8 Å². The summed E-state index contributed by atoms with van der Waals surface area (Å²) in [5, 5.41) is 3.97. The average Bonchev–Trinajstić information content (AvgIpc) is 2.70. The molecule has 1 unspecified atom stereocenters. The van der Waals surface area contributed by atoms with E-state index in [0.29, 0.717) is 0 Å². The highest BCUT2D eigenvalue weighted by atomic mass is 32.2. The molecule has 0 bridgehead atoms. The maximum Gasteiger partial charge on any atom is 0.175 e. The maximum atomic E-state index is 13.9. The lowest BCUT2D eigenvalue weighted by atomic mass is 10.2. The number of thiazole rings is 1. The smallest absolute Gasteiger partial charge is 0.175 e. The molecule has 2 rings (SSSR count). The number of nitrogens with one attached hydrogen (secondary N) is 1. The number of halogens is 1. The van der Waals surface area contributed by atoms with E-state index in [1.165, 1.54) is 12.1 Å². The van der Waals surface area contributed by atoms with Crippen LogP contribution in [0.4, 0.5) is 10.1 Å². The Balaban J connectivity index is 2.33. The second kappa shape index (κ2) is 5.73. The van der Waals surface area contributed by atoms with Gasteiger partial charge >= 0.3 is 0 Å². The van der Waals surface area contributed by atoms with Crippen LogP contribution in [0.3, 0.4) is 0 Å². The standard InChI is InChI=1S/C14H17FN2O2S2/c1-8-14(20-10(3)16-8)9(2)17-13-7-11(21(4,18)19)5-6-12(13)15/h5-7,9,17H,1-4H3. The zero-order valence-electron chi connectivity index (χ0n) is 12.3. The van der Waals surface area contributed by atoms with E-state index < -0.39 is 15.7 Å². The van der Waals surface area contributed by atoms with Gasteiger partial charge in [-0.1, -0.05) is 0 Å². The Morgan fingerprint density at radius 1 is 1.33 bits per heavy atom. The second-order valence-electron chi connectivity index (χ2n) is 4.96. The first-order chi connectivity index (χ1) is 9.68. The van der Waals surface area contributed by atoms with E-state index >= 15 is 0 Å². The number of nitrogens with zero attached hydrogens (tertiary/aromatic N) is 1. The Labute approximate surface area is 128 Å². The van der Waals surface area contributed by atoms with Crippen molar-refractivity contribution < 1.29 is 12.8 Å². The molecule has 7 heteroatoms. The van der Waals surface area contributed by atoms with Crippen molar-refractivity contribution in [1.82, 2.24) is 4.98 Å². The van der Waals surface area contributed by atoms with Gasteiger partial charge in [-0.3, -0.25) is 0 Å². The number of sulfone groups is 1. The van der Waals surface area contributed by atoms with Crippen LogP contribution >= 0.6 is 11.3 Å². The van der Waals surface area contributed by atoms with Crippen LogP contribution < -0.4 is 5.32 Å². The van der Waals surface area contributed by atoms with Gasteiger partial charge in [0.2, 0.25) is 0 Å². The van der Waals surface area contributed by atoms with Crippen LogP contribution in [0.5, 0.6) is 0 Å². The van der Waals surface area contributed by atoms with Gasteiger partial charge in [-0.15, -0.1) is 11.3 Å². The molecule has 0 spiro atoms. The lowest BCUT2D eigenvalue weighted by Gasteiger charge is -2.15. The van der Waals surface area contributed by atoms with Crippen molar-refractivity contribution >= 4 is 26.9 Å². The van der Waals surface area contributed by atoms with Crippen molar-refractivity contribution in [3.05, 3.63) is 39.6 Å². The van der Waals surface area contributed by atoms with E-state index in [1.807, 2.05) is 20.8 Å². The molecule has 0 aliphatic carbocycles. The van der Waals surface area contributed by atoms with Crippen molar-refractivity contribution in [3.63, 3.8) is 0 Å². The third kappa shape index (κ3) is 3.59. The number of rotatable bonds is 4. The van der Waals surface area contributed by atoms with Gasteiger partial charge in [0, 0.05) is 11.1 Å². The molecule has 4 nitrogen and oxygen atoms in total. The van der Waals surface area contributed by atoms with Crippen LogP contribution in [-0.4, -0.2) is 19.7 Å². The fourth-order valence-electron chi connectivity index (χ4n) is 2.09. The highest BCUT2D eigenvalue weighted by Gasteiger charge is 2.16. The average molecular weight is 328 g/mol. The summed E-state index contributed by atoms with van der Waals surface area (Å²) in [5.41, 5.74) is 1.08. The Bertz CT molecular complexity index is 769. The minimum Gasteiger partial charge on any atom is -0.375 e. The molecule has 1 aromatic heterocycles. The molecule has 1 aromatic carbocycles. The number of aryl methyl sites for hydroxylation is 2. The van der Waals surface area contributed by atoms with Gasteiger partial charge in [-0.25, -0.2) is 17.8 Å². The van der Waals surface area contributed by atoms with Gasteiger partial charge in [0.05, 0.1) is 27.3 Å². The second-order valence-corrected chi connectivity index (χ2v) is 8.21. The third-order valence-corrected chi connectivity index (χ3v) is 5.44. The Kier molecular flexibility index (Phi) is 4.34. The van der Waals surface area contributed by atoms with Crippen LogP contribution in [0, 0.1) is 19.7 Å². The largest absolute Gasteiger partial charge is 0.375 e. The molecular formula is C14H17FN2O2S2. The summed E-state index contributed by atoms with van der Waals surface area (Å²) in [6.07, 6.45) is 1.10. The van der Waals surface area contributed by atoms with Gasteiger partial charge in [0.15, 0.2) is 9.84 Å². The zero-order chi connectivity index (χ0) is 15.8. The van der Waals surface area contributed by atoms with Crippen LogP contribution in [0.2, 0.25) is 0 Å². The van der Waals surface area contributed by atoms with Crippen molar-refractivity contribution in [2.75, 3.05) is 11.6 Å². The Hall–Kier alpha value is -1.47. The van der Waals surface area contributed by atoms with Crippen molar-refractivity contribution in [1.29, 1.82) is 0 Å². The Morgan fingerprint density at radius 3 is 2.52 bits per heavy atom. The molecule has 1 N–H and O–H groups in total. The summed E-state index contributed by atoms with van der Waals surface area (Å²) in [5.74, 6) is -0.479. The predicted molar refractivity (Wildman–Crippen MR) is 83.1 cm³/mol. The molecule has 1 heterocycles. The molecule has 2 aromatic rings. The summed E-state index contributed by atoms with van der Waals surface area (Å²) in [7, 11) is -3.36. The number of aromatic nitrogens is 1. The highest BCUT2D eigenvalue weighted by Crippen LogP contribution is 2.29. The molecule has 0 aliphatic heterocycles. The van der Waals surface area contributed by atoms with Crippen LogP contribution in [0.25, 0.3) is 0 Å². The van der Waals surface area contributed by atoms with E-state index in [2.05, 4.69) is 10.3 Å². The third-order valence-electron chi connectivity index (χ3n) is 3.07. The molecule has 114 valence electrons. The number of anilines is 1. The Morgan fingerprint density at radius 2 is 2.00 bits per heavy atom. The predicted octanol–water partition coefficient (Wildman–Crippen LogP) is 3.48. The first-order valence-electron chi connectivity index (χ1n) is 6.38. The molecule has 0 amide bonds. The van der Waals surface area contributed by atoms with Crippen molar-refractivity contribution in [2.24, 2.45) is 0 Å². The monoisotopic (exact) mass is 328 g/mol. The fraction of sp³-hybridized carbons (Fsp3) is 0.357. The van der Waals surface area contributed by atoms with E-state index in [4.69, 9.17) is 0 Å². The van der Waals surface area contributed by atoms with Gasteiger partial charge < -0.3 is 5.32 Å². The number of hydrogen-bond acceptors (Lipinski definition) is 5. The molecule has 0 aliphatic rings. The minimum atomic E-state index is -3.36. The number of hydrogen-bond donors (Lipinski definition) is 1. The first kappa shape index (κ1) is 15.9. The van der Waals surface area contributed by atoms with Crippen molar-refractivity contribution in [2.45, 2.75) is 31.7 Å². The van der Waals surface area contributed by atoms with Gasteiger partial charge in [-0.05, 0) is 39.0 Å². The summed E-state index contributed by atoms with van der Waals surface area (Å²) >= 11 is 1.54. The van der Waals surface area contributed by atoms with Gasteiger partial charge in [0.1, 0.15) is 5.82 Å². The summed E-state index contributed by atoms with van der Waals surface area (Å²) < 4.78 is 37.0. The summed E-state index contributed by atoms with van der Waals surface area (Å²) in [6, 6.07) is 3.60. The normalized spacial score (nSPS) is 13.2. The minimum absolute atomic E-state index is 0.0933. The molecule has 0 saturated heterocycles. The zero-order valence-corrected chi connectivity index (χ0v) is 13.9. The molecule has 21 heavy (non-hydrogen) atoms. The molecular weight excluding hydrogens is 311 g/mol. The molecule has 0 fully saturated rings. The van der Waals surface area contributed by atoms with Crippen LogP contribution in [0.15, 0.2) is 23.1 Å². The lowest BCUT2D eigenvalue weighted by Crippen LogP contribution is -2.09. The SMILES string of the molecule is Cc1nc(C)c(C(C)Nc2cc(S(C)(=O)=O)ccc2F)s1. The van der Waals surface area contributed by atoms with E-state index in [-0.39, 0.29) is 16.6 Å². The van der Waals surface area contributed by atoms with E-state index in [1.54, 1.807) is 11.3 Å². The van der Waals surface area contributed by atoms with E-state index in [0.717, 1.165) is 27.9 Å². The van der Waals surface area contributed by atoms with Crippen molar-refractivity contribution in [3.8, 4) is 0 Å². The topological polar surface area (TPSA) is 59.1 Å². The summed E-state index contributed by atoms with van der Waals surface area (Å²) in [6.45, 7) is 5.71. The van der Waals surface area contributed by atoms with Gasteiger partial charge in [-0.2, -0.15) is 0 Å². The molecule has 0 saturated carbocycles. The first-order valence-corrected chi connectivity index (χ1v) is 9.09.